The summed E-state index contributed by atoms with van der Waals surface area (Å²) in [6.45, 7) is 1.65. The summed E-state index contributed by atoms with van der Waals surface area (Å²) in [4.78, 5) is 13.0. The van der Waals surface area contributed by atoms with Gasteiger partial charge in [0.25, 0.3) is 0 Å². The number of carbonyl (C=O) groups is 1. The molecule has 0 saturated carbocycles. The highest BCUT2D eigenvalue weighted by Gasteiger charge is 2.14. The number of ether oxygens (including phenoxy) is 1. The van der Waals surface area contributed by atoms with Crippen LogP contribution in [0.25, 0.3) is 0 Å². The van der Waals surface area contributed by atoms with Gasteiger partial charge in [-0.25, -0.2) is 9.18 Å². The van der Waals surface area contributed by atoms with E-state index in [1.165, 1.54) is 23.5 Å². The lowest BCUT2D eigenvalue weighted by Gasteiger charge is -2.05. The fourth-order valence-electron chi connectivity index (χ4n) is 1.47. The molecule has 0 spiro atoms. The quantitative estimate of drug-likeness (QED) is 0.877. The molecule has 0 unspecified atom stereocenters. The number of thiophene rings is 1. The van der Waals surface area contributed by atoms with Gasteiger partial charge in [-0.3, -0.25) is 0 Å². The van der Waals surface area contributed by atoms with Crippen LogP contribution in [0.2, 0.25) is 5.02 Å². The standard InChI is InChI=1S/C13H11ClFNO2S/c1-7-10(16)5-11(19-7)13(17)18-6-8-3-2-4-9(14)12(8)15/h2-5H,6,16H2,1H3. The van der Waals surface area contributed by atoms with Gasteiger partial charge < -0.3 is 10.5 Å². The Balaban J connectivity index is 2.06. The molecule has 2 N–H and O–H groups in total. The molecule has 0 fully saturated rings. The molecule has 2 rings (SSSR count). The van der Waals surface area contributed by atoms with Gasteiger partial charge in [0.2, 0.25) is 0 Å². The second-order valence-corrected chi connectivity index (χ2v) is 5.57. The zero-order valence-electron chi connectivity index (χ0n) is 10.1. The van der Waals surface area contributed by atoms with Crippen molar-refractivity contribution in [2.75, 3.05) is 5.73 Å². The van der Waals surface area contributed by atoms with Crippen LogP contribution in [0.15, 0.2) is 24.3 Å². The Labute approximate surface area is 118 Å². The molecular formula is C13H11ClFNO2S. The molecule has 0 radical (unpaired) electrons. The maximum atomic E-state index is 13.6. The Morgan fingerprint density at radius 2 is 2.26 bits per heavy atom. The lowest BCUT2D eigenvalue weighted by Crippen LogP contribution is -2.04. The molecule has 1 aromatic heterocycles. The Morgan fingerprint density at radius 3 is 2.89 bits per heavy atom. The van der Waals surface area contributed by atoms with E-state index in [4.69, 9.17) is 22.1 Å². The number of benzene rings is 1. The second-order valence-electron chi connectivity index (χ2n) is 3.91. The first-order valence-corrected chi connectivity index (χ1v) is 6.64. The van der Waals surface area contributed by atoms with Crippen molar-refractivity contribution < 1.29 is 13.9 Å². The first-order valence-electron chi connectivity index (χ1n) is 5.45. The van der Waals surface area contributed by atoms with Crippen LogP contribution in [0.3, 0.4) is 0 Å². The Morgan fingerprint density at radius 1 is 1.53 bits per heavy atom. The molecule has 0 amide bonds. The van der Waals surface area contributed by atoms with Gasteiger partial charge in [-0.15, -0.1) is 11.3 Å². The predicted octanol–water partition coefficient (Wildman–Crippen LogP) is 3.79. The summed E-state index contributed by atoms with van der Waals surface area (Å²) in [5, 5.41) is 0.00441. The summed E-state index contributed by atoms with van der Waals surface area (Å²) in [5.41, 5.74) is 6.44. The summed E-state index contributed by atoms with van der Waals surface area (Å²) >= 11 is 6.89. The van der Waals surface area contributed by atoms with Crippen molar-refractivity contribution in [1.29, 1.82) is 0 Å². The molecule has 0 bridgehead atoms. The highest BCUT2D eigenvalue weighted by atomic mass is 35.5. The summed E-state index contributed by atoms with van der Waals surface area (Å²) < 4.78 is 18.6. The van der Waals surface area contributed by atoms with Gasteiger partial charge in [0.1, 0.15) is 17.3 Å². The van der Waals surface area contributed by atoms with Gasteiger partial charge in [-0.05, 0) is 19.1 Å². The Hall–Kier alpha value is -1.59. The van der Waals surface area contributed by atoms with Gasteiger partial charge in [0.05, 0.1) is 5.02 Å². The molecule has 0 aliphatic rings. The second kappa shape index (κ2) is 5.59. The first-order chi connectivity index (χ1) is 8.99. The lowest BCUT2D eigenvalue weighted by atomic mass is 10.2. The molecule has 0 atom stereocenters. The minimum Gasteiger partial charge on any atom is -0.457 e. The number of esters is 1. The topological polar surface area (TPSA) is 52.3 Å². The monoisotopic (exact) mass is 299 g/mol. The van der Waals surface area contributed by atoms with Crippen molar-refractivity contribution in [3.63, 3.8) is 0 Å². The zero-order chi connectivity index (χ0) is 14.0. The van der Waals surface area contributed by atoms with Gasteiger partial charge in [-0.2, -0.15) is 0 Å². The van der Waals surface area contributed by atoms with Crippen LogP contribution in [0.1, 0.15) is 20.1 Å². The van der Waals surface area contributed by atoms with Crippen molar-refractivity contribution in [2.24, 2.45) is 0 Å². The van der Waals surface area contributed by atoms with E-state index in [2.05, 4.69) is 0 Å². The summed E-state index contributed by atoms with van der Waals surface area (Å²) in [6, 6.07) is 6.10. The molecule has 1 aromatic carbocycles. The van der Waals surface area contributed by atoms with E-state index in [0.29, 0.717) is 10.6 Å². The summed E-state index contributed by atoms with van der Waals surface area (Å²) in [6.07, 6.45) is 0. The van der Waals surface area contributed by atoms with Crippen LogP contribution in [0, 0.1) is 12.7 Å². The van der Waals surface area contributed by atoms with E-state index in [1.54, 1.807) is 12.1 Å². The number of carbonyl (C=O) groups excluding carboxylic acids is 1. The van der Waals surface area contributed by atoms with E-state index in [-0.39, 0.29) is 17.2 Å². The maximum Gasteiger partial charge on any atom is 0.348 e. The number of aryl methyl sites for hydroxylation is 1. The molecule has 6 heteroatoms. The van der Waals surface area contributed by atoms with E-state index >= 15 is 0 Å². The highest BCUT2D eigenvalue weighted by Crippen LogP contribution is 2.25. The van der Waals surface area contributed by atoms with Crippen molar-refractivity contribution >= 4 is 34.6 Å². The average molecular weight is 300 g/mol. The van der Waals surface area contributed by atoms with Crippen molar-refractivity contribution in [3.8, 4) is 0 Å². The zero-order valence-corrected chi connectivity index (χ0v) is 11.6. The number of nitrogens with two attached hydrogens (primary N) is 1. The minimum absolute atomic E-state index is 0.00441. The fraction of sp³-hybridized carbons (Fsp3) is 0.154. The lowest BCUT2D eigenvalue weighted by molar-refractivity contribution is 0.0475. The summed E-state index contributed by atoms with van der Waals surface area (Å²) in [5.74, 6) is -1.09. The molecule has 0 saturated heterocycles. The van der Waals surface area contributed by atoms with Crippen LogP contribution in [-0.4, -0.2) is 5.97 Å². The molecule has 3 nitrogen and oxygen atoms in total. The van der Waals surface area contributed by atoms with Gasteiger partial charge in [-0.1, -0.05) is 23.7 Å². The largest absolute Gasteiger partial charge is 0.457 e. The number of hydrogen-bond donors (Lipinski definition) is 1. The third-order valence-electron chi connectivity index (χ3n) is 2.55. The molecular weight excluding hydrogens is 289 g/mol. The van der Waals surface area contributed by atoms with Gasteiger partial charge in [0, 0.05) is 16.1 Å². The van der Waals surface area contributed by atoms with E-state index in [1.807, 2.05) is 6.92 Å². The van der Waals surface area contributed by atoms with E-state index < -0.39 is 11.8 Å². The van der Waals surface area contributed by atoms with Crippen molar-refractivity contribution in [2.45, 2.75) is 13.5 Å². The normalized spacial score (nSPS) is 10.5. The van der Waals surface area contributed by atoms with Crippen molar-refractivity contribution in [1.82, 2.24) is 0 Å². The van der Waals surface area contributed by atoms with Gasteiger partial charge >= 0.3 is 5.97 Å². The number of nitrogen functional groups attached to an aromatic ring is 1. The minimum atomic E-state index is -0.571. The highest BCUT2D eigenvalue weighted by molar-refractivity contribution is 7.14. The Kier molecular flexibility index (Phi) is 4.07. The molecule has 2 aromatic rings. The molecule has 1 heterocycles. The number of rotatable bonds is 3. The fourth-order valence-corrected chi connectivity index (χ4v) is 2.50. The predicted molar refractivity (Wildman–Crippen MR) is 74.0 cm³/mol. The number of halogens is 2. The maximum absolute atomic E-state index is 13.6. The third kappa shape index (κ3) is 3.05. The van der Waals surface area contributed by atoms with E-state index in [0.717, 1.165) is 4.88 Å². The molecule has 0 aliphatic heterocycles. The van der Waals surface area contributed by atoms with Crippen LogP contribution >= 0.6 is 22.9 Å². The van der Waals surface area contributed by atoms with Crippen molar-refractivity contribution in [3.05, 3.63) is 50.4 Å². The molecule has 100 valence electrons. The van der Waals surface area contributed by atoms with E-state index in [9.17, 15) is 9.18 Å². The molecule has 19 heavy (non-hydrogen) atoms. The van der Waals surface area contributed by atoms with Crippen LogP contribution in [0.4, 0.5) is 10.1 Å². The Bertz CT molecular complexity index is 608. The SMILES string of the molecule is Cc1sc(C(=O)OCc2cccc(Cl)c2F)cc1N. The number of anilines is 1. The van der Waals surface area contributed by atoms with Gasteiger partial charge in [0.15, 0.2) is 0 Å². The smallest absolute Gasteiger partial charge is 0.348 e. The average Bonchev–Trinajstić information content (AvgIpc) is 2.71. The van der Waals surface area contributed by atoms with Crippen LogP contribution < -0.4 is 5.73 Å². The van der Waals surface area contributed by atoms with Crippen LogP contribution in [0.5, 0.6) is 0 Å². The molecule has 0 aliphatic carbocycles. The third-order valence-corrected chi connectivity index (χ3v) is 3.89. The first kappa shape index (κ1) is 13.8. The number of hydrogen-bond acceptors (Lipinski definition) is 4. The van der Waals surface area contributed by atoms with Crippen LogP contribution in [-0.2, 0) is 11.3 Å². The summed E-state index contributed by atoms with van der Waals surface area (Å²) in [7, 11) is 0.